The number of hydrogen-bond acceptors (Lipinski definition) is 5. The summed E-state index contributed by atoms with van der Waals surface area (Å²) in [6, 6.07) is 12.2. The summed E-state index contributed by atoms with van der Waals surface area (Å²) in [5, 5.41) is 15.3. The maximum Gasteiger partial charge on any atom is 0.272 e. The molecule has 0 saturated heterocycles. The molecule has 2 unspecified atom stereocenters. The number of nitrogens with one attached hydrogen (secondary N) is 2. The van der Waals surface area contributed by atoms with E-state index in [9.17, 15) is 9.18 Å². The first kappa shape index (κ1) is 15.7. The fourth-order valence-corrected chi connectivity index (χ4v) is 3.83. The van der Waals surface area contributed by atoms with E-state index in [0.29, 0.717) is 22.6 Å². The molecule has 2 atom stereocenters. The van der Waals surface area contributed by atoms with Crippen LogP contribution in [0, 0.1) is 5.82 Å². The first-order valence-corrected chi connectivity index (χ1v) is 8.50. The van der Waals surface area contributed by atoms with E-state index in [-0.39, 0.29) is 20.2 Å². The first-order valence-electron chi connectivity index (χ1n) is 8.50. The lowest BCUT2D eigenvalue weighted by Crippen LogP contribution is -2.30. The SMILES string of the molecule is Cn1ncnc1C1c2n[nH]c(=O)c3cc(F)cc(c23)NC1c1ccccc1.[HH].[HH]. The van der Waals surface area contributed by atoms with Gasteiger partial charge in [-0.1, -0.05) is 30.3 Å². The van der Waals surface area contributed by atoms with Crippen LogP contribution in [0.3, 0.4) is 0 Å². The van der Waals surface area contributed by atoms with E-state index in [1.165, 1.54) is 18.5 Å². The Morgan fingerprint density at radius 1 is 1.22 bits per heavy atom. The Labute approximate surface area is 155 Å². The average Bonchev–Trinajstić information content (AvgIpc) is 3.10. The van der Waals surface area contributed by atoms with Crippen molar-refractivity contribution in [2.24, 2.45) is 7.05 Å². The monoisotopic (exact) mass is 366 g/mol. The molecule has 2 aromatic carbocycles. The third kappa shape index (κ3) is 2.33. The number of nitrogens with zero attached hydrogens (tertiary/aromatic N) is 4. The molecule has 27 heavy (non-hydrogen) atoms. The molecule has 0 spiro atoms. The van der Waals surface area contributed by atoms with Gasteiger partial charge in [-0.25, -0.2) is 14.5 Å². The molecule has 0 saturated carbocycles. The summed E-state index contributed by atoms with van der Waals surface area (Å²) >= 11 is 0. The van der Waals surface area contributed by atoms with Gasteiger partial charge in [0.2, 0.25) is 0 Å². The van der Waals surface area contributed by atoms with E-state index < -0.39 is 11.4 Å². The second-order valence-corrected chi connectivity index (χ2v) is 6.57. The molecule has 2 aromatic heterocycles. The zero-order chi connectivity index (χ0) is 18.5. The van der Waals surface area contributed by atoms with Gasteiger partial charge in [0.15, 0.2) is 0 Å². The van der Waals surface area contributed by atoms with Gasteiger partial charge in [-0.2, -0.15) is 10.2 Å². The number of rotatable bonds is 2. The molecule has 1 aliphatic rings. The minimum absolute atomic E-state index is 0. The number of halogens is 1. The average molecular weight is 366 g/mol. The quantitative estimate of drug-likeness (QED) is 0.569. The van der Waals surface area contributed by atoms with E-state index in [2.05, 4.69) is 25.6 Å². The van der Waals surface area contributed by atoms with Crippen molar-refractivity contribution in [3.63, 3.8) is 0 Å². The summed E-state index contributed by atoms with van der Waals surface area (Å²) in [5.74, 6) is -0.0824. The summed E-state index contributed by atoms with van der Waals surface area (Å²) in [7, 11) is 1.81. The number of hydrogen-bond donors (Lipinski definition) is 2. The zero-order valence-corrected chi connectivity index (χ0v) is 14.3. The Kier molecular flexibility index (Phi) is 3.33. The molecular formula is C19H19FN6O. The Bertz CT molecular complexity index is 1230. The molecule has 2 N–H and O–H groups in total. The molecule has 3 heterocycles. The van der Waals surface area contributed by atoms with E-state index in [0.717, 1.165) is 5.56 Å². The predicted molar refractivity (Wildman–Crippen MR) is 102 cm³/mol. The van der Waals surface area contributed by atoms with Crippen LogP contribution in [0.1, 0.15) is 31.9 Å². The second-order valence-electron chi connectivity index (χ2n) is 6.57. The molecule has 1 aliphatic heterocycles. The van der Waals surface area contributed by atoms with Crippen molar-refractivity contribution in [2.75, 3.05) is 5.32 Å². The van der Waals surface area contributed by atoms with Crippen LogP contribution in [0.5, 0.6) is 0 Å². The van der Waals surface area contributed by atoms with Crippen LogP contribution >= 0.6 is 0 Å². The number of aromatic nitrogens is 5. The van der Waals surface area contributed by atoms with E-state index in [4.69, 9.17) is 0 Å². The van der Waals surface area contributed by atoms with Crippen LogP contribution in [0.15, 0.2) is 53.6 Å². The Morgan fingerprint density at radius 2 is 2.04 bits per heavy atom. The van der Waals surface area contributed by atoms with E-state index >= 15 is 0 Å². The Hall–Kier alpha value is -3.55. The summed E-state index contributed by atoms with van der Waals surface area (Å²) < 4.78 is 15.8. The predicted octanol–water partition coefficient (Wildman–Crippen LogP) is 2.98. The highest BCUT2D eigenvalue weighted by atomic mass is 19.1. The van der Waals surface area contributed by atoms with Crippen LogP contribution in [0.2, 0.25) is 0 Å². The minimum atomic E-state index is -0.475. The largest absolute Gasteiger partial charge is 0.376 e. The fraction of sp³-hybridized carbons (Fsp3) is 0.158. The normalized spacial score (nSPS) is 18.4. The Balaban J connectivity index is 0.00000120. The fourth-order valence-electron chi connectivity index (χ4n) is 3.83. The van der Waals surface area contributed by atoms with Crippen molar-refractivity contribution in [3.05, 3.63) is 82.0 Å². The number of H-pyrrole nitrogens is 1. The van der Waals surface area contributed by atoms with Crippen LogP contribution in [0.25, 0.3) is 10.8 Å². The van der Waals surface area contributed by atoms with Crippen molar-refractivity contribution >= 4 is 16.5 Å². The molecule has 8 heteroatoms. The molecule has 138 valence electrons. The van der Waals surface area contributed by atoms with E-state index in [1.807, 2.05) is 37.4 Å². The van der Waals surface area contributed by atoms with Gasteiger partial charge in [-0.05, 0) is 17.7 Å². The van der Waals surface area contributed by atoms with Crippen molar-refractivity contribution < 1.29 is 7.24 Å². The molecule has 0 amide bonds. The van der Waals surface area contributed by atoms with Gasteiger partial charge in [-0.15, -0.1) is 0 Å². The molecule has 0 fully saturated rings. The van der Waals surface area contributed by atoms with Gasteiger partial charge < -0.3 is 5.32 Å². The lowest BCUT2D eigenvalue weighted by atomic mass is 9.83. The lowest BCUT2D eigenvalue weighted by Gasteiger charge is -2.33. The highest BCUT2D eigenvalue weighted by Gasteiger charge is 2.37. The molecule has 7 nitrogen and oxygen atoms in total. The van der Waals surface area contributed by atoms with Gasteiger partial charge in [0.1, 0.15) is 18.0 Å². The molecule has 4 aromatic rings. The van der Waals surface area contributed by atoms with Crippen molar-refractivity contribution in [1.29, 1.82) is 0 Å². The summed E-state index contributed by atoms with van der Waals surface area (Å²) in [6.07, 6.45) is 1.49. The molecule has 0 bridgehead atoms. The number of anilines is 1. The third-order valence-electron chi connectivity index (χ3n) is 5.00. The Morgan fingerprint density at radius 3 is 2.78 bits per heavy atom. The van der Waals surface area contributed by atoms with Gasteiger partial charge >= 0.3 is 0 Å². The standard InChI is InChI=1S/C19H15FN6O.2H2/c1-26-18(21-9-22-26)15-16(10-5-3-2-4-6-10)23-13-8-11(20)7-12-14(13)17(15)24-25-19(12)27;;/h2-9,15-16,23H,1H3,(H,25,27);2*1H. The van der Waals surface area contributed by atoms with Crippen LogP contribution in [-0.2, 0) is 7.05 Å². The lowest BCUT2D eigenvalue weighted by molar-refractivity contribution is 0.564. The van der Waals surface area contributed by atoms with Gasteiger partial charge in [0, 0.05) is 21.0 Å². The molecular weight excluding hydrogens is 347 g/mol. The van der Waals surface area contributed by atoms with E-state index in [1.54, 1.807) is 4.68 Å². The molecule has 0 radical (unpaired) electrons. The summed E-state index contributed by atoms with van der Waals surface area (Å²) in [4.78, 5) is 16.7. The van der Waals surface area contributed by atoms with Gasteiger partial charge in [0.05, 0.1) is 23.0 Å². The zero-order valence-electron chi connectivity index (χ0n) is 14.3. The topological polar surface area (TPSA) is 88.5 Å². The number of benzene rings is 2. The van der Waals surface area contributed by atoms with Crippen LogP contribution < -0.4 is 10.9 Å². The smallest absolute Gasteiger partial charge is 0.272 e. The highest BCUT2D eigenvalue weighted by Crippen LogP contribution is 2.45. The van der Waals surface area contributed by atoms with Crippen molar-refractivity contribution in [2.45, 2.75) is 12.0 Å². The minimum Gasteiger partial charge on any atom is -0.376 e. The number of aryl methyl sites for hydroxylation is 1. The maximum atomic E-state index is 14.1. The van der Waals surface area contributed by atoms with Crippen molar-refractivity contribution in [3.8, 4) is 0 Å². The summed E-state index contributed by atoms with van der Waals surface area (Å²) in [6.45, 7) is 0. The third-order valence-corrected chi connectivity index (χ3v) is 5.00. The molecule has 5 rings (SSSR count). The van der Waals surface area contributed by atoms with Gasteiger partial charge in [-0.3, -0.25) is 9.48 Å². The van der Waals surface area contributed by atoms with Crippen molar-refractivity contribution in [1.82, 2.24) is 25.0 Å². The van der Waals surface area contributed by atoms with Crippen LogP contribution in [-0.4, -0.2) is 25.0 Å². The highest BCUT2D eigenvalue weighted by molar-refractivity contribution is 5.97. The molecule has 0 aliphatic carbocycles. The number of aromatic amines is 1. The second kappa shape index (κ2) is 5.73. The van der Waals surface area contributed by atoms with Crippen LogP contribution in [0.4, 0.5) is 10.1 Å². The maximum absolute atomic E-state index is 14.1. The first-order chi connectivity index (χ1) is 13.1. The van der Waals surface area contributed by atoms with Gasteiger partial charge in [0.25, 0.3) is 5.56 Å². The summed E-state index contributed by atoms with van der Waals surface area (Å²) in [5.41, 5.74) is 1.77.